The second-order valence-electron chi connectivity index (χ2n) is 9.24. The van der Waals surface area contributed by atoms with Crippen molar-refractivity contribution in [2.75, 3.05) is 6.61 Å². The van der Waals surface area contributed by atoms with Crippen LogP contribution in [0.25, 0.3) is 0 Å². The Morgan fingerprint density at radius 3 is 2.19 bits per heavy atom. The maximum Gasteiger partial charge on any atom is 0.310 e. The molecule has 0 radical (unpaired) electrons. The van der Waals surface area contributed by atoms with Gasteiger partial charge in [-0.1, -0.05) is 85.1 Å². The molecule has 3 heteroatoms. The molecule has 0 saturated carbocycles. The second kappa shape index (κ2) is 10.1. The molecule has 1 aromatic carbocycles. The number of rotatable bonds is 10. The highest BCUT2D eigenvalue weighted by atomic mass is 16.5. The van der Waals surface area contributed by atoms with Crippen molar-refractivity contribution < 1.29 is 14.3 Å². The Hall–Kier alpha value is -1.64. The zero-order valence-corrected chi connectivity index (χ0v) is 18.4. The van der Waals surface area contributed by atoms with Crippen LogP contribution < -0.4 is 0 Å². The Bertz CT molecular complexity index is 623. The van der Waals surface area contributed by atoms with E-state index in [1.807, 2.05) is 19.9 Å². The molecule has 0 heterocycles. The van der Waals surface area contributed by atoms with Crippen molar-refractivity contribution in [3.63, 3.8) is 0 Å². The van der Waals surface area contributed by atoms with Gasteiger partial charge in [-0.25, -0.2) is 0 Å². The summed E-state index contributed by atoms with van der Waals surface area (Å²) in [7, 11) is 0. The van der Waals surface area contributed by atoms with Crippen LogP contribution in [0.2, 0.25) is 0 Å². The number of hydrogen-bond acceptors (Lipinski definition) is 3. The van der Waals surface area contributed by atoms with Gasteiger partial charge in [0.25, 0.3) is 0 Å². The van der Waals surface area contributed by atoms with Crippen molar-refractivity contribution in [2.24, 2.45) is 5.92 Å². The Labute approximate surface area is 165 Å². The fourth-order valence-electron chi connectivity index (χ4n) is 3.31. The first-order chi connectivity index (χ1) is 12.5. The maximum absolute atomic E-state index is 12.8. The molecule has 1 aromatic rings. The van der Waals surface area contributed by atoms with Crippen LogP contribution in [0, 0.1) is 5.92 Å². The average molecular weight is 375 g/mol. The van der Waals surface area contributed by atoms with Crippen molar-refractivity contribution in [3.05, 3.63) is 35.4 Å². The smallest absolute Gasteiger partial charge is 0.310 e. The van der Waals surface area contributed by atoms with E-state index in [1.54, 1.807) is 6.92 Å². The number of ether oxygens (including phenoxy) is 1. The first-order valence-corrected chi connectivity index (χ1v) is 10.3. The van der Waals surface area contributed by atoms with Crippen molar-refractivity contribution in [1.82, 2.24) is 0 Å². The minimum Gasteiger partial charge on any atom is -0.465 e. The largest absolute Gasteiger partial charge is 0.465 e. The van der Waals surface area contributed by atoms with Crippen LogP contribution in [0.5, 0.6) is 0 Å². The number of unbranched alkanes of at least 4 members (excludes halogenated alkanes) is 3. The molecule has 0 bridgehead atoms. The standard InChI is InChI=1S/C24H38O3/c1-8-9-10-11-15-27-22(26)21(16-18(2)25)24(6,7)20-14-12-13-19(17-20)23(3,4)5/h12-14,17,21H,8-11,15-16H2,1-7H3. The predicted octanol–water partition coefficient (Wildman–Crippen LogP) is 5.98. The van der Waals surface area contributed by atoms with Crippen LogP contribution in [-0.4, -0.2) is 18.4 Å². The Morgan fingerprint density at radius 1 is 1.00 bits per heavy atom. The summed E-state index contributed by atoms with van der Waals surface area (Å²) in [5.74, 6) is -0.716. The monoisotopic (exact) mass is 374 g/mol. The fourth-order valence-corrected chi connectivity index (χ4v) is 3.31. The van der Waals surface area contributed by atoms with Crippen molar-refractivity contribution in [2.45, 2.75) is 91.4 Å². The molecular formula is C24H38O3. The summed E-state index contributed by atoms with van der Waals surface area (Å²) in [5, 5.41) is 0. The first kappa shape index (κ1) is 23.4. The Morgan fingerprint density at radius 2 is 1.63 bits per heavy atom. The van der Waals surface area contributed by atoms with Gasteiger partial charge in [0.1, 0.15) is 5.78 Å². The van der Waals surface area contributed by atoms with Gasteiger partial charge < -0.3 is 9.53 Å². The molecule has 0 aliphatic carbocycles. The molecule has 1 unspecified atom stereocenters. The normalized spacial score (nSPS) is 13.3. The van der Waals surface area contributed by atoms with E-state index in [-0.39, 0.29) is 23.6 Å². The third-order valence-corrected chi connectivity index (χ3v) is 5.36. The van der Waals surface area contributed by atoms with Gasteiger partial charge in [0.2, 0.25) is 0 Å². The highest BCUT2D eigenvalue weighted by molar-refractivity contribution is 5.84. The molecular weight excluding hydrogens is 336 g/mol. The molecule has 0 amide bonds. The van der Waals surface area contributed by atoms with Crippen LogP contribution in [0.4, 0.5) is 0 Å². The minimum absolute atomic E-state index is 0.0167. The second-order valence-corrected chi connectivity index (χ2v) is 9.24. The average Bonchev–Trinajstić information content (AvgIpc) is 2.58. The molecule has 3 nitrogen and oxygen atoms in total. The van der Waals surface area contributed by atoms with Crippen molar-refractivity contribution >= 4 is 11.8 Å². The maximum atomic E-state index is 12.8. The molecule has 0 N–H and O–H groups in total. The zero-order chi connectivity index (χ0) is 20.7. The van der Waals surface area contributed by atoms with E-state index in [0.29, 0.717) is 6.61 Å². The lowest BCUT2D eigenvalue weighted by atomic mass is 9.70. The molecule has 0 aliphatic rings. The number of ketones is 1. The number of esters is 1. The molecule has 1 rings (SSSR count). The van der Waals surface area contributed by atoms with Gasteiger partial charge in [0.15, 0.2) is 0 Å². The van der Waals surface area contributed by atoms with E-state index in [1.165, 1.54) is 5.56 Å². The number of benzene rings is 1. The third kappa shape index (κ3) is 7.12. The van der Waals surface area contributed by atoms with E-state index in [0.717, 1.165) is 31.2 Å². The minimum atomic E-state index is -0.479. The van der Waals surface area contributed by atoms with E-state index < -0.39 is 11.3 Å². The van der Waals surface area contributed by atoms with Crippen LogP contribution >= 0.6 is 0 Å². The molecule has 0 aromatic heterocycles. The van der Waals surface area contributed by atoms with Crippen LogP contribution in [-0.2, 0) is 25.2 Å². The quantitative estimate of drug-likeness (QED) is 0.374. The summed E-state index contributed by atoms with van der Waals surface area (Å²) in [5.41, 5.74) is 1.85. The van der Waals surface area contributed by atoms with Gasteiger partial charge in [0, 0.05) is 11.8 Å². The fraction of sp³-hybridized carbons (Fsp3) is 0.667. The molecule has 152 valence electrons. The zero-order valence-electron chi connectivity index (χ0n) is 18.4. The van der Waals surface area contributed by atoms with Gasteiger partial charge in [-0.15, -0.1) is 0 Å². The van der Waals surface area contributed by atoms with Gasteiger partial charge in [-0.3, -0.25) is 4.79 Å². The SMILES string of the molecule is CCCCCCOC(=O)C(CC(C)=O)C(C)(C)c1cccc(C(C)(C)C)c1. The number of carbonyl (C=O) groups is 2. The van der Waals surface area contributed by atoms with Crippen LogP contribution in [0.15, 0.2) is 24.3 Å². The molecule has 0 spiro atoms. The summed E-state index contributed by atoms with van der Waals surface area (Å²) < 4.78 is 5.57. The van der Waals surface area contributed by atoms with E-state index >= 15 is 0 Å². The molecule has 0 fully saturated rings. The summed E-state index contributed by atoms with van der Waals surface area (Å²) in [6.07, 6.45) is 4.46. The first-order valence-electron chi connectivity index (χ1n) is 10.3. The molecule has 1 atom stereocenters. The Kier molecular flexibility index (Phi) is 8.71. The molecule has 27 heavy (non-hydrogen) atoms. The van der Waals surface area contributed by atoms with E-state index in [9.17, 15) is 9.59 Å². The summed E-state index contributed by atoms with van der Waals surface area (Å²) in [6.45, 7) is 14.8. The van der Waals surface area contributed by atoms with Gasteiger partial charge in [-0.05, 0) is 29.9 Å². The lowest BCUT2D eigenvalue weighted by molar-refractivity contribution is -0.152. The topological polar surface area (TPSA) is 43.4 Å². The van der Waals surface area contributed by atoms with Crippen molar-refractivity contribution in [3.8, 4) is 0 Å². The molecule has 0 saturated heterocycles. The van der Waals surface area contributed by atoms with Gasteiger partial charge in [-0.2, -0.15) is 0 Å². The van der Waals surface area contributed by atoms with Crippen LogP contribution in [0.1, 0.15) is 91.7 Å². The molecule has 0 aliphatic heterocycles. The summed E-state index contributed by atoms with van der Waals surface area (Å²) >= 11 is 0. The summed E-state index contributed by atoms with van der Waals surface area (Å²) in [4.78, 5) is 24.7. The number of carbonyl (C=O) groups excluding carboxylic acids is 2. The Balaban J connectivity index is 3.03. The number of hydrogen-bond donors (Lipinski definition) is 0. The number of Topliss-reactive ketones (excluding diaryl/α,β-unsaturated/α-hetero) is 1. The van der Waals surface area contributed by atoms with Crippen molar-refractivity contribution in [1.29, 1.82) is 0 Å². The highest BCUT2D eigenvalue weighted by Crippen LogP contribution is 2.37. The van der Waals surface area contributed by atoms with Crippen LogP contribution in [0.3, 0.4) is 0 Å². The van der Waals surface area contributed by atoms with Gasteiger partial charge >= 0.3 is 5.97 Å². The lowest BCUT2D eigenvalue weighted by Crippen LogP contribution is -2.37. The lowest BCUT2D eigenvalue weighted by Gasteiger charge is -2.34. The summed E-state index contributed by atoms with van der Waals surface area (Å²) in [6, 6.07) is 8.38. The predicted molar refractivity (Wildman–Crippen MR) is 112 cm³/mol. The third-order valence-electron chi connectivity index (χ3n) is 5.36. The highest BCUT2D eigenvalue weighted by Gasteiger charge is 2.39. The van der Waals surface area contributed by atoms with E-state index in [2.05, 4.69) is 45.9 Å². The van der Waals surface area contributed by atoms with E-state index in [4.69, 9.17) is 4.74 Å². The van der Waals surface area contributed by atoms with Gasteiger partial charge in [0.05, 0.1) is 12.5 Å².